The van der Waals surface area contributed by atoms with E-state index < -0.39 is 10.0 Å². The van der Waals surface area contributed by atoms with Gasteiger partial charge in [-0.3, -0.25) is 9.89 Å². The number of rotatable bonds is 6. The minimum atomic E-state index is -3.56. The molecule has 8 heteroatoms. The maximum absolute atomic E-state index is 12.9. The van der Waals surface area contributed by atoms with Crippen LogP contribution >= 0.6 is 0 Å². The largest absolute Gasteiger partial charge is 0.356 e. The second-order valence-electron chi connectivity index (χ2n) is 7.59. The van der Waals surface area contributed by atoms with Crippen LogP contribution in [-0.2, 0) is 14.8 Å². The fourth-order valence-electron chi connectivity index (χ4n) is 4.03. The van der Waals surface area contributed by atoms with Crippen molar-refractivity contribution in [2.75, 3.05) is 19.6 Å². The number of nitrogens with one attached hydrogen (secondary N) is 2. The third-order valence-corrected chi connectivity index (χ3v) is 7.78. The molecule has 1 amide bonds. The Balaban J connectivity index is 1.49. The van der Waals surface area contributed by atoms with Crippen molar-refractivity contribution in [3.8, 4) is 0 Å². The van der Waals surface area contributed by atoms with E-state index in [1.807, 2.05) is 0 Å². The molecule has 0 radical (unpaired) electrons. The van der Waals surface area contributed by atoms with Crippen LogP contribution in [0.25, 0.3) is 0 Å². The van der Waals surface area contributed by atoms with Crippen LogP contribution in [0.1, 0.15) is 56.3 Å². The number of aromatic nitrogens is 2. The summed E-state index contributed by atoms with van der Waals surface area (Å²) in [5.41, 5.74) is 2.50. The Hall–Kier alpha value is -1.67. The van der Waals surface area contributed by atoms with E-state index in [-0.39, 0.29) is 16.7 Å². The molecular formula is C19H30N4O3S. The first-order valence-electron chi connectivity index (χ1n) is 9.87. The molecule has 1 saturated heterocycles. The summed E-state index contributed by atoms with van der Waals surface area (Å²) >= 11 is 0. The highest BCUT2D eigenvalue weighted by molar-refractivity contribution is 7.89. The van der Waals surface area contributed by atoms with Crippen molar-refractivity contribution in [1.82, 2.24) is 19.8 Å². The lowest BCUT2D eigenvalue weighted by atomic mass is 9.96. The molecule has 1 aliphatic carbocycles. The number of aromatic amines is 1. The van der Waals surface area contributed by atoms with Crippen molar-refractivity contribution in [3.05, 3.63) is 23.0 Å². The van der Waals surface area contributed by atoms with E-state index in [4.69, 9.17) is 0 Å². The van der Waals surface area contributed by atoms with Crippen LogP contribution in [0, 0.1) is 19.8 Å². The summed E-state index contributed by atoms with van der Waals surface area (Å²) in [4.78, 5) is 12.7. The highest BCUT2D eigenvalue weighted by atomic mass is 32.2. The Labute approximate surface area is 161 Å². The third-order valence-electron chi connectivity index (χ3n) is 5.61. The van der Waals surface area contributed by atoms with Gasteiger partial charge in [0.25, 0.3) is 0 Å². The molecule has 1 aromatic rings. The van der Waals surface area contributed by atoms with Crippen LogP contribution in [0.15, 0.2) is 16.5 Å². The lowest BCUT2D eigenvalue weighted by Crippen LogP contribution is -2.43. The molecule has 27 heavy (non-hydrogen) atoms. The molecule has 0 saturated carbocycles. The number of allylic oxidation sites excluding steroid dienone is 1. The highest BCUT2D eigenvalue weighted by Gasteiger charge is 2.34. The van der Waals surface area contributed by atoms with Gasteiger partial charge < -0.3 is 5.32 Å². The lowest BCUT2D eigenvalue weighted by Gasteiger charge is -2.30. The predicted octanol–water partition coefficient (Wildman–Crippen LogP) is 2.43. The fourth-order valence-corrected chi connectivity index (χ4v) is 5.83. The average Bonchev–Trinajstić information content (AvgIpc) is 3.01. The fraction of sp³-hybridized carbons (Fsp3) is 0.684. The second-order valence-corrected chi connectivity index (χ2v) is 9.47. The number of piperidine rings is 1. The summed E-state index contributed by atoms with van der Waals surface area (Å²) in [7, 11) is -3.56. The van der Waals surface area contributed by atoms with Gasteiger partial charge in [0.15, 0.2) is 0 Å². The quantitative estimate of drug-likeness (QED) is 0.725. The zero-order chi connectivity index (χ0) is 19.4. The van der Waals surface area contributed by atoms with Crippen LogP contribution in [-0.4, -0.2) is 48.5 Å². The standard InChI is InChI=1S/C19H30N4O3S/c1-14-18(15(2)22-21-14)27(25,26)23-12-9-17(10-13-23)19(24)20-11-8-16-6-4-3-5-7-16/h6,17H,3-5,7-13H2,1-2H3,(H,20,24)(H,21,22). The molecular weight excluding hydrogens is 364 g/mol. The number of H-pyrrole nitrogens is 1. The van der Waals surface area contributed by atoms with Crippen molar-refractivity contribution < 1.29 is 13.2 Å². The van der Waals surface area contributed by atoms with Gasteiger partial charge in [0, 0.05) is 25.6 Å². The van der Waals surface area contributed by atoms with Gasteiger partial charge in [0.2, 0.25) is 15.9 Å². The number of carbonyl (C=O) groups is 1. The molecule has 2 N–H and O–H groups in total. The lowest BCUT2D eigenvalue weighted by molar-refractivity contribution is -0.126. The van der Waals surface area contributed by atoms with Crippen molar-refractivity contribution in [3.63, 3.8) is 0 Å². The topological polar surface area (TPSA) is 95.2 Å². The zero-order valence-corrected chi connectivity index (χ0v) is 17.1. The molecule has 0 spiro atoms. The molecule has 150 valence electrons. The maximum Gasteiger partial charge on any atom is 0.246 e. The Morgan fingerprint density at radius 3 is 2.63 bits per heavy atom. The monoisotopic (exact) mass is 394 g/mol. The molecule has 0 atom stereocenters. The number of carbonyl (C=O) groups excluding carboxylic acids is 1. The van der Waals surface area contributed by atoms with Gasteiger partial charge in [0.05, 0.1) is 11.4 Å². The molecule has 2 aliphatic rings. The highest BCUT2D eigenvalue weighted by Crippen LogP contribution is 2.27. The SMILES string of the molecule is Cc1n[nH]c(C)c1S(=O)(=O)N1CCC(C(=O)NCCC2=CCCCC2)CC1. The van der Waals surface area contributed by atoms with Gasteiger partial charge in [-0.15, -0.1) is 0 Å². The molecule has 1 aliphatic heterocycles. The zero-order valence-electron chi connectivity index (χ0n) is 16.3. The van der Waals surface area contributed by atoms with Gasteiger partial charge in [-0.2, -0.15) is 9.40 Å². The number of amides is 1. The molecule has 1 aromatic heterocycles. The smallest absolute Gasteiger partial charge is 0.246 e. The van der Waals surface area contributed by atoms with E-state index in [1.165, 1.54) is 22.7 Å². The van der Waals surface area contributed by atoms with Crippen molar-refractivity contribution in [2.24, 2.45) is 5.92 Å². The summed E-state index contributed by atoms with van der Waals surface area (Å²) in [6, 6.07) is 0. The Morgan fingerprint density at radius 1 is 1.30 bits per heavy atom. The van der Waals surface area contributed by atoms with Gasteiger partial charge in [-0.1, -0.05) is 11.6 Å². The first-order valence-corrected chi connectivity index (χ1v) is 11.3. The third kappa shape index (κ3) is 4.60. The minimum absolute atomic E-state index is 0.0547. The molecule has 3 rings (SSSR count). The number of aryl methyl sites for hydroxylation is 2. The van der Waals surface area contributed by atoms with Gasteiger partial charge in [-0.05, 0) is 58.8 Å². The van der Waals surface area contributed by atoms with Crippen LogP contribution in [0.2, 0.25) is 0 Å². The molecule has 7 nitrogen and oxygen atoms in total. The van der Waals surface area contributed by atoms with Crippen molar-refractivity contribution >= 4 is 15.9 Å². The van der Waals surface area contributed by atoms with Crippen molar-refractivity contribution in [1.29, 1.82) is 0 Å². The Morgan fingerprint density at radius 2 is 2.04 bits per heavy atom. The maximum atomic E-state index is 12.9. The van der Waals surface area contributed by atoms with Gasteiger partial charge in [0.1, 0.15) is 4.90 Å². The number of hydrogen-bond acceptors (Lipinski definition) is 4. The van der Waals surface area contributed by atoms with E-state index in [9.17, 15) is 13.2 Å². The van der Waals surface area contributed by atoms with E-state index >= 15 is 0 Å². The first-order chi connectivity index (χ1) is 12.9. The molecule has 2 heterocycles. The van der Waals surface area contributed by atoms with E-state index in [2.05, 4.69) is 21.6 Å². The Kier molecular flexibility index (Phi) is 6.37. The Bertz CT molecular complexity index is 785. The summed E-state index contributed by atoms with van der Waals surface area (Å²) in [6.07, 6.45) is 9.19. The minimum Gasteiger partial charge on any atom is -0.356 e. The van der Waals surface area contributed by atoms with E-state index in [0.717, 1.165) is 19.3 Å². The van der Waals surface area contributed by atoms with Gasteiger partial charge >= 0.3 is 0 Å². The van der Waals surface area contributed by atoms with Crippen LogP contribution in [0.5, 0.6) is 0 Å². The average molecular weight is 395 g/mol. The van der Waals surface area contributed by atoms with E-state index in [0.29, 0.717) is 43.9 Å². The second kappa shape index (κ2) is 8.56. The number of nitrogens with zero attached hydrogens (tertiary/aromatic N) is 2. The normalized spacial score (nSPS) is 19.7. The van der Waals surface area contributed by atoms with Crippen molar-refractivity contribution in [2.45, 2.75) is 63.7 Å². The van der Waals surface area contributed by atoms with Crippen LogP contribution in [0.3, 0.4) is 0 Å². The summed E-state index contributed by atoms with van der Waals surface area (Å²) in [5, 5.41) is 9.76. The molecule has 0 aromatic carbocycles. The van der Waals surface area contributed by atoms with Crippen LogP contribution < -0.4 is 5.32 Å². The number of sulfonamides is 1. The van der Waals surface area contributed by atoms with E-state index in [1.54, 1.807) is 13.8 Å². The molecule has 1 fully saturated rings. The summed E-state index contributed by atoms with van der Waals surface area (Å²) in [5.74, 6) is -0.0533. The number of hydrogen-bond donors (Lipinski definition) is 2. The first kappa shape index (κ1) is 20.1. The summed E-state index contributed by atoms with van der Waals surface area (Å²) < 4.78 is 27.2. The van der Waals surface area contributed by atoms with Gasteiger partial charge in [-0.25, -0.2) is 8.42 Å². The molecule has 0 unspecified atom stereocenters. The summed E-state index contributed by atoms with van der Waals surface area (Å²) in [6.45, 7) is 4.83. The molecule has 0 bridgehead atoms. The van der Waals surface area contributed by atoms with Crippen LogP contribution in [0.4, 0.5) is 0 Å². The predicted molar refractivity (Wildman–Crippen MR) is 104 cm³/mol.